The Labute approximate surface area is 239 Å². The highest BCUT2D eigenvalue weighted by atomic mass is 32.2. The number of hydrogen-bond donors (Lipinski definition) is 2. The predicted octanol–water partition coefficient (Wildman–Crippen LogP) is 4.48. The van der Waals surface area contributed by atoms with E-state index in [2.05, 4.69) is 60.8 Å². The van der Waals surface area contributed by atoms with Gasteiger partial charge in [0.1, 0.15) is 12.1 Å². The van der Waals surface area contributed by atoms with E-state index in [0.29, 0.717) is 11.5 Å². The molecule has 9 nitrogen and oxygen atoms in total. The van der Waals surface area contributed by atoms with Gasteiger partial charge in [-0.15, -0.1) is 0 Å². The largest absolute Gasteiger partial charge is 0.378 e. The summed E-state index contributed by atoms with van der Waals surface area (Å²) in [5.74, 6) is 2.13. The molecule has 10 heteroatoms. The lowest BCUT2D eigenvalue weighted by atomic mass is 9.86. The van der Waals surface area contributed by atoms with Crippen molar-refractivity contribution in [3.63, 3.8) is 0 Å². The standard InChI is InChI=1S/C30H35N7O2S/c1-20(24-5-4-6-25-26(30(38)31-2)7-8-33-29(24)25)22(18-40-3)16-34-28-14-27(35-19-36-28)21-13-23(17-32-15-21)37-9-11-39-12-10-37/h4-8,13-15,17,19-20,22H,9-12,16,18H2,1-3H3,(H,31,38)(H,34,35,36). The highest BCUT2D eigenvalue weighted by molar-refractivity contribution is 7.98. The van der Waals surface area contributed by atoms with Crippen LogP contribution in [0.4, 0.5) is 11.5 Å². The van der Waals surface area contributed by atoms with E-state index in [4.69, 9.17) is 4.74 Å². The molecule has 1 aliphatic rings. The van der Waals surface area contributed by atoms with E-state index in [9.17, 15) is 4.79 Å². The number of fused-ring (bicyclic) bond motifs is 1. The van der Waals surface area contributed by atoms with Gasteiger partial charge < -0.3 is 20.3 Å². The molecule has 1 fully saturated rings. The fraction of sp³-hybridized carbons (Fsp3) is 0.367. The number of benzene rings is 1. The summed E-state index contributed by atoms with van der Waals surface area (Å²) in [6.45, 7) is 6.14. The zero-order valence-electron chi connectivity index (χ0n) is 23.1. The maximum absolute atomic E-state index is 12.5. The SMILES string of the molecule is CNC(=O)c1ccnc2c(C(C)C(CNc3cc(-c4cncc(N5CCOCC5)c4)ncn3)CSC)cccc12. The highest BCUT2D eigenvalue weighted by Gasteiger charge is 2.23. The number of ether oxygens (including phenoxy) is 1. The van der Waals surface area contributed by atoms with Gasteiger partial charge in [0.15, 0.2) is 0 Å². The second-order valence-corrected chi connectivity index (χ2v) is 10.8. The number of amides is 1. The van der Waals surface area contributed by atoms with Gasteiger partial charge in [-0.05, 0) is 41.5 Å². The van der Waals surface area contributed by atoms with Crippen molar-refractivity contribution in [2.45, 2.75) is 12.8 Å². The zero-order valence-corrected chi connectivity index (χ0v) is 23.9. The number of thioether (sulfide) groups is 1. The molecule has 2 N–H and O–H groups in total. The Morgan fingerprint density at radius 2 is 1.98 bits per heavy atom. The summed E-state index contributed by atoms with van der Waals surface area (Å²) in [4.78, 5) is 32.9. The monoisotopic (exact) mass is 557 g/mol. The minimum atomic E-state index is -0.107. The minimum absolute atomic E-state index is 0.107. The first-order valence-corrected chi connectivity index (χ1v) is 14.9. The van der Waals surface area contributed by atoms with Crippen molar-refractivity contribution in [3.8, 4) is 11.3 Å². The van der Waals surface area contributed by atoms with Gasteiger partial charge in [-0.25, -0.2) is 9.97 Å². The van der Waals surface area contributed by atoms with E-state index in [1.54, 1.807) is 25.6 Å². The fourth-order valence-corrected chi connectivity index (χ4v) is 5.99. The number of hydrogen-bond acceptors (Lipinski definition) is 9. The molecule has 0 bridgehead atoms. The summed E-state index contributed by atoms with van der Waals surface area (Å²) in [6, 6.07) is 12.0. The third kappa shape index (κ3) is 6.18. The number of aromatic nitrogens is 4. The van der Waals surface area contributed by atoms with Crippen molar-refractivity contribution >= 4 is 40.1 Å². The van der Waals surface area contributed by atoms with E-state index >= 15 is 0 Å². The molecule has 1 aromatic carbocycles. The van der Waals surface area contributed by atoms with Gasteiger partial charge in [-0.3, -0.25) is 14.8 Å². The highest BCUT2D eigenvalue weighted by Crippen LogP contribution is 2.33. The van der Waals surface area contributed by atoms with Crippen LogP contribution in [0.25, 0.3) is 22.2 Å². The van der Waals surface area contributed by atoms with E-state index in [-0.39, 0.29) is 11.8 Å². The van der Waals surface area contributed by atoms with Crippen LogP contribution in [0.5, 0.6) is 0 Å². The number of carbonyl (C=O) groups excluding carboxylic acids is 1. The fourth-order valence-electron chi connectivity index (χ4n) is 5.16. The summed E-state index contributed by atoms with van der Waals surface area (Å²) in [7, 11) is 1.65. The molecule has 2 unspecified atom stereocenters. The number of nitrogens with zero attached hydrogens (tertiary/aromatic N) is 5. The quantitative estimate of drug-likeness (QED) is 0.292. The Bertz CT molecular complexity index is 1460. The topological polar surface area (TPSA) is 105 Å². The predicted molar refractivity (Wildman–Crippen MR) is 162 cm³/mol. The van der Waals surface area contributed by atoms with Crippen molar-refractivity contribution in [2.24, 2.45) is 5.92 Å². The van der Waals surface area contributed by atoms with Gasteiger partial charge in [0, 0.05) is 56.1 Å². The number of pyridine rings is 2. The van der Waals surface area contributed by atoms with E-state index in [0.717, 1.165) is 77.8 Å². The molecule has 2 atom stereocenters. The molecule has 0 radical (unpaired) electrons. The normalized spacial score (nSPS) is 15.0. The second-order valence-electron chi connectivity index (χ2n) is 9.89. The van der Waals surface area contributed by atoms with Crippen LogP contribution in [-0.2, 0) is 4.74 Å². The molecule has 4 heterocycles. The Balaban J connectivity index is 1.34. The van der Waals surface area contributed by atoms with Crippen LogP contribution in [-0.4, -0.2) is 77.7 Å². The average Bonchev–Trinajstić information content (AvgIpc) is 3.02. The Morgan fingerprint density at radius 3 is 2.77 bits per heavy atom. The van der Waals surface area contributed by atoms with Gasteiger partial charge in [-0.2, -0.15) is 11.8 Å². The maximum Gasteiger partial charge on any atom is 0.251 e. The maximum atomic E-state index is 12.5. The number of morpholine rings is 1. The van der Waals surface area contributed by atoms with Gasteiger partial charge in [0.05, 0.1) is 41.9 Å². The number of nitrogens with one attached hydrogen (secondary N) is 2. The Hall–Kier alpha value is -3.76. The summed E-state index contributed by atoms with van der Waals surface area (Å²) in [5.41, 5.74) is 5.51. The molecule has 1 aliphatic heterocycles. The lowest BCUT2D eigenvalue weighted by molar-refractivity contribution is 0.0964. The third-order valence-electron chi connectivity index (χ3n) is 7.46. The molecule has 0 aliphatic carbocycles. The van der Waals surface area contributed by atoms with Gasteiger partial charge in [0.2, 0.25) is 0 Å². The molecule has 40 heavy (non-hydrogen) atoms. The zero-order chi connectivity index (χ0) is 27.9. The molecular weight excluding hydrogens is 522 g/mol. The number of anilines is 2. The van der Waals surface area contributed by atoms with Crippen molar-refractivity contribution in [2.75, 3.05) is 62.1 Å². The van der Waals surface area contributed by atoms with Crippen molar-refractivity contribution < 1.29 is 9.53 Å². The van der Waals surface area contributed by atoms with Crippen molar-refractivity contribution in [1.29, 1.82) is 0 Å². The average molecular weight is 558 g/mol. The first-order chi connectivity index (χ1) is 19.6. The Kier molecular flexibility index (Phi) is 9.08. The van der Waals surface area contributed by atoms with E-state index in [1.165, 1.54) is 0 Å². The molecular formula is C30H35N7O2S. The molecule has 4 aromatic rings. The van der Waals surface area contributed by atoms with Gasteiger partial charge >= 0.3 is 0 Å². The smallest absolute Gasteiger partial charge is 0.251 e. The summed E-state index contributed by atoms with van der Waals surface area (Å²) < 4.78 is 5.49. The molecule has 208 valence electrons. The van der Waals surface area contributed by atoms with Gasteiger partial charge in [0.25, 0.3) is 5.91 Å². The van der Waals surface area contributed by atoms with Crippen LogP contribution < -0.4 is 15.5 Å². The summed E-state index contributed by atoms with van der Waals surface area (Å²) >= 11 is 1.82. The van der Waals surface area contributed by atoms with Crippen LogP contribution in [0.15, 0.2) is 61.3 Å². The minimum Gasteiger partial charge on any atom is -0.378 e. The third-order valence-corrected chi connectivity index (χ3v) is 8.22. The van der Waals surface area contributed by atoms with Crippen LogP contribution in [0.2, 0.25) is 0 Å². The van der Waals surface area contributed by atoms with Crippen molar-refractivity contribution in [1.82, 2.24) is 25.3 Å². The number of rotatable bonds is 10. The summed E-state index contributed by atoms with van der Waals surface area (Å²) in [5, 5.41) is 7.17. The van der Waals surface area contributed by atoms with Crippen LogP contribution in [0.1, 0.15) is 28.8 Å². The van der Waals surface area contributed by atoms with Gasteiger partial charge in [-0.1, -0.05) is 25.1 Å². The first-order valence-electron chi connectivity index (χ1n) is 13.5. The lowest BCUT2D eigenvalue weighted by Crippen LogP contribution is -2.36. The molecule has 5 rings (SSSR count). The summed E-state index contributed by atoms with van der Waals surface area (Å²) in [6.07, 6.45) is 9.18. The molecule has 3 aromatic heterocycles. The molecule has 1 amide bonds. The van der Waals surface area contributed by atoms with Crippen LogP contribution in [0, 0.1) is 5.92 Å². The molecule has 0 saturated carbocycles. The van der Waals surface area contributed by atoms with Crippen LogP contribution >= 0.6 is 11.8 Å². The van der Waals surface area contributed by atoms with E-state index in [1.807, 2.05) is 42.4 Å². The van der Waals surface area contributed by atoms with Crippen molar-refractivity contribution in [3.05, 3.63) is 72.4 Å². The molecule has 0 spiro atoms. The lowest BCUT2D eigenvalue weighted by Gasteiger charge is -2.28. The van der Waals surface area contributed by atoms with Crippen LogP contribution in [0.3, 0.4) is 0 Å². The number of para-hydroxylation sites is 1. The molecule has 1 saturated heterocycles. The first kappa shape index (κ1) is 27.8. The van der Waals surface area contributed by atoms with E-state index < -0.39 is 0 Å². The Morgan fingerprint density at radius 1 is 1.12 bits per heavy atom. The second kappa shape index (κ2) is 13.1. The number of carbonyl (C=O) groups is 1.